The molecule has 6 nitrogen and oxygen atoms in total. The predicted octanol–water partition coefficient (Wildman–Crippen LogP) is 3.00. The number of sulfonamides is 1. The molecule has 1 heterocycles. The van der Waals surface area contributed by atoms with E-state index in [4.69, 9.17) is 0 Å². The lowest BCUT2D eigenvalue weighted by Crippen LogP contribution is -2.39. The Morgan fingerprint density at radius 3 is 2.43 bits per heavy atom. The van der Waals surface area contributed by atoms with Crippen molar-refractivity contribution in [3.8, 4) is 0 Å². The summed E-state index contributed by atoms with van der Waals surface area (Å²) in [5.41, 5.74) is 3.05. The van der Waals surface area contributed by atoms with Gasteiger partial charge < -0.3 is 10.2 Å². The smallest absolute Gasteiger partial charge is 0.235 e. The minimum atomic E-state index is -3.50. The molecule has 0 aromatic heterocycles. The molecule has 30 heavy (non-hydrogen) atoms. The fourth-order valence-electron chi connectivity index (χ4n) is 3.74. The Bertz CT molecular complexity index is 930. The van der Waals surface area contributed by atoms with Gasteiger partial charge in [0.25, 0.3) is 0 Å². The Labute approximate surface area is 179 Å². The lowest BCUT2D eigenvalue weighted by Gasteiger charge is -2.32. The highest BCUT2D eigenvalue weighted by molar-refractivity contribution is 7.88. The van der Waals surface area contributed by atoms with E-state index in [9.17, 15) is 13.2 Å². The van der Waals surface area contributed by atoms with E-state index in [2.05, 4.69) is 29.3 Å². The number of rotatable bonds is 8. The number of carbonyl (C=O) groups excluding carboxylic acids is 1. The van der Waals surface area contributed by atoms with Gasteiger partial charge in [-0.05, 0) is 42.0 Å². The first-order chi connectivity index (χ1) is 14.3. The number of amides is 1. The fourth-order valence-corrected chi connectivity index (χ4v) is 4.48. The summed E-state index contributed by atoms with van der Waals surface area (Å²) >= 11 is 0. The number of anilines is 1. The summed E-state index contributed by atoms with van der Waals surface area (Å²) < 4.78 is 25.4. The second-order valence-electron chi connectivity index (χ2n) is 8.15. The molecular weight excluding hydrogens is 398 g/mol. The van der Waals surface area contributed by atoms with E-state index in [1.165, 1.54) is 22.8 Å². The van der Waals surface area contributed by atoms with Gasteiger partial charge in [-0.1, -0.05) is 49.4 Å². The van der Waals surface area contributed by atoms with Crippen molar-refractivity contribution in [2.24, 2.45) is 5.92 Å². The van der Waals surface area contributed by atoms with Gasteiger partial charge in [-0.2, -0.15) is 4.31 Å². The molecule has 3 rings (SSSR count). The van der Waals surface area contributed by atoms with Crippen LogP contribution in [0.3, 0.4) is 0 Å². The van der Waals surface area contributed by atoms with Crippen molar-refractivity contribution in [2.75, 3.05) is 30.8 Å². The monoisotopic (exact) mass is 429 g/mol. The maximum absolute atomic E-state index is 12.4. The second-order valence-corrected chi connectivity index (χ2v) is 10.1. The Morgan fingerprint density at radius 2 is 1.80 bits per heavy atom. The Balaban J connectivity index is 1.53. The topological polar surface area (TPSA) is 69.7 Å². The van der Waals surface area contributed by atoms with E-state index >= 15 is 0 Å². The van der Waals surface area contributed by atoms with Gasteiger partial charge in [0.2, 0.25) is 15.9 Å². The van der Waals surface area contributed by atoms with Crippen LogP contribution < -0.4 is 10.2 Å². The number of piperidine rings is 1. The normalized spacial score (nSPS) is 17.2. The van der Waals surface area contributed by atoms with Crippen LogP contribution in [0.5, 0.6) is 0 Å². The van der Waals surface area contributed by atoms with Gasteiger partial charge >= 0.3 is 0 Å². The van der Waals surface area contributed by atoms with Crippen molar-refractivity contribution in [1.29, 1.82) is 0 Å². The van der Waals surface area contributed by atoms with Gasteiger partial charge in [0.05, 0.1) is 12.8 Å². The SMILES string of the molecule is CC1CCCN(c2ccc(CNC(=O)CN(Cc3ccccc3)S(C)(=O)=O)cc2)C1. The second kappa shape index (κ2) is 10.1. The minimum Gasteiger partial charge on any atom is -0.371 e. The van der Waals surface area contributed by atoms with Crippen LogP contribution in [-0.4, -0.2) is 44.5 Å². The van der Waals surface area contributed by atoms with Gasteiger partial charge in [-0.3, -0.25) is 4.79 Å². The van der Waals surface area contributed by atoms with Crippen molar-refractivity contribution in [1.82, 2.24) is 9.62 Å². The van der Waals surface area contributed by atoms with Crippen LogP contribution in [0.1, 0.15) is 30.9 Å². The number of carbonyl (C=O) groups is 1. The van der Waals surface area contributed by atoms with Crippen LogP contribution in [0, 0.1) is 5.92 Å². The molecule has 1 saturated heterocycles. The maximum atomic E-state index is 12.4. The minimum absolute atomic E-state index is 0.177. The summed E-state index contributed by atoms with van der Waals surface area (Å²) in [6, 6.07) is 17.5. The van der Waals surface area contributed by atoms with E-state index in [1.807, 2.05) is 42.5 Å². The molecule has 0 spiro atoms. The molecule has 1 unspecified atom stereocenters. The predicted molar refractivity (Wildman–Crippen MR) is 121 cm³/mol. The van der Waals surface area contributed by atoms with E-state index in [0.717, 1.165) is 30.5 Å². The highest BCUT2D eigenvalue weighted by atomic mass is 32.2. The van der Waals surface area contributed by atoms with Crippen molar-refractivity contribution in [3.05, 3.63) is 65.7 Å². The van der Waals surface area contributed by atoms with E-state index in [1.54, 1.807) is 0 Å². The number of benzene rings is 2. The molecule has 162 valence electrons. The third kappa shape index (κ3) is 6.57. The number of hydrogen-bond donors (Lipinski definition) is 1. The molecule has 1 aliphatic rings. The summed E-state index contributed by atoms with van der Waals surface area (Å²) in [5.74, 6) is 0.400. The highest BCUT2D eigenvalue weighted by Gasteiger charge is 2.20. The van der Waals surface area contributed by atoms with Crippen LogP contribution in [0.2, 0.25) is 0 Å². The molecule has 1 atom stereocenters. The van der Waals surface area contributed by atoms with Gasteiger partial charge in [0.1, 0.15) is 0 Å². The molecule has 0 aliphatic carbocycles. The van der Waals surface area contributed by atoms with E-state index < -0.39 is 10.0 Å². The average Bonchev–Trinajstić information content (AvgIpc) is 2.72. The zero-order valence-electron chi connectivity index (χ0n) is 17.8. The summed E-state index contributed by atoms with van der Waals surface area (Å²) in [6.45, 7) is 4.81. The van der Waals surface area contributed by atoms with E-state index in [-0.39, 0.29) is 19.0 Å². The van der Waals surface area contributed by atoms with Crippen LogP contribution >= 0.6 is 0 Å². The van der Waals surface area contributed by atoms with Gasteiger partial charge in [0, 0.05) is 31.9 Å². The molecule has 1 fully saturated rings. The molecule has 0 radical (unpaired) electrons. The zero-order valence-corrected chi connectivity index (χ0v) is 18.6. The first-order valence-corrected chi connectivity index (χ1v) is 12.3. The number of hydrogen-bond acceptors (Lipinski definition) is 4. The molecule has 1 N–H and O–H groups in total. The lowest BCUT2D eigenvalue weighted by molar-refractivity contribution is -0.121. The van der Waals surface area contributed by atoms with Gasteiger partial charge in [-0.25, -0.2) is 8.42 Å². The summed E-state index contributed by atoms with van der Waals surface area (Å²) in [4.78, 5) is 14.8. The van der Waals surface area contributed by atoms with Crippen molar-refractivity contribution in [3.63, 3.8) is 0 Å². The first-order valence-electron chi connectivity index (χ1n) is 10.4. The average molecular weight is 430 g/mol. The maximum Gasteiger partial charge on any atom is 0.235 e. The third-order valence-electron chi connectivity index (χ3n) is 5.44. The third-order valence-corrected chi connectivity index (χ3v) is 6.64. The van der Waals surface area contributed by atoms with Crippen LogP contribution in [0.4, 0.5) is 5.69 Å². The molecular formula is C23H31N3O3S. The molecule has 7 heteroatoms. The number of nitrogens with one attached hydrogen (secondary N) is 1. The molecule has 2 aromatic carbocycles. The largest absolute Gasteiger partial charge is 0.371 e. The van der Waals surface area contributed by atoms with Crippen molar-refractivity contribution in [2.45, 2.75) is 32.9 Å². The van der Waals surface area contributed by atoms with Crippen molar-refractivity contribution < 1.29 is 13.2 Å². The van der Waals surface area contributed by atoms with Crippen LogP contribution in [0.15, 0.2) is 54.6 Å². The Hall–Kier alpha value is -2.38. The molecule has 0 saturated carbocycles. The Morgan fingerprint density at radius 1 is 1.10 bits per heavy atom. The Kier molecular flexibility index (Phi) is 7.50. The van der Waals surface area contributed by atoms with Gasteiger partial charge in [0.15, 0.2) is 0 Å². The van der Waals surface area contributed by atoms with Gasteiger partial charge in [-0.15, -0.1) is 0 Å². The standard InChI is InChI=1S/C23H31N3O3S/c1-19-7-6-14-25(16-19)22-12-10-20(11-13-22)15-24-23(27)18-26(30(2,28)29)17-21-8-4-3-5-9-21/h3-5,8-13,19H,6-7,14-18H2,1-2H3,(H,24,27). The van der Waals surface area contributed by atoms with Crippen molar-refractivity contribution >= 4 is 21.6 Å². The summed E-state index contributed by atoms with van der Waals surface area (Å²) in [5, 5.41) is 2.83. The molecule has 1 amide bonds. The van der Waals surface area contributed by atoms with E-state index in [0.29, 0.717) is 12.5 Å². The zero-order chi connectivity index (χ0) is 21.6. The number of nitrogens with zero attached hydrogens (tertiary/aromatic N) is 2. The van der Waals surface area contributed by atoms with Crippen LogP contribution in [-0.2, 0) is 27.9 Å². The molecule has 2 aromatic rings. The molecule has 1 aliphatic heterocycles. The first kappa shape index (κ1) is 22.3. The lowest BCUT2D eigenvalue weighted by atomic mass is 9.99. The summed E-state index contributed by atoms with van der Waals surface area (Å²) in [7, 11) is -3.50. The van der Waals surface area contributed by atoms with Crippen LogP contribution in [0.25, 0.3) is 0 Å². The summed E-state index contributed by atoms with van der Waals surface area (Å²) in [6.07, 6.45) is 3.64. The fraction of sp³-hybridized carbons (Fsp3) is 0.435. The highest BCUT2D eigenvalue weighted by Crippen LogP contribution is 2.23. The molecule has 0 bridgehead atoms. The quantitative estimate of drug-likeness (QED) is 0.700.